The Bertz CT molecular complexity index is 831. The van der Waals surface area contributed by atoms with Gasteiger partial charge in [-0.3, -0.25) is 9.69 Å². The number of amides is 1. The fraction of sp³-hybridized carbons (Fsp3) is 0.111. The van der Waals surface area contributed by atoms with Crippen LogP contribution in [-0.2, 0) is 4.79 Å². The molecule has 1 fully saturated rings. The van der Waals surface area contributed by atoms with Crippen molar-refractivity contribution in [2.75, 3.05) is 6.54 Å². The summed E-state index contributed by atoms with van der Waals surface area (Å²) in [6.45, 7) is 2.45. The SMILES string of the molecule is CCN1C(=O)/C(=C/c2cccc(Cl)c2)SC1=Nc1ccc(O)cc1. The minimum Gasteiger partial charge on any atom is -0.508 e. The standard InChI is InChI=1S/C18H15ClN2O2S/c1-2-21-17(23)16(11-12-4-3-5-13(19)10-12)24-18(21)20-14-6-8-15(22)9-7-14/h3-11,22H,2H2,1H3/b16-11-,20-18?. The molecule has 0 aromatic heterocycles. The Kier molecular flexibility index (Phi) is 4.92. The third-order valence-corrected chi connectivity index (χ3v) is 4.67. The highest BCUT2D eigenvalue weighted by atomic mass is 35.5. The van der Waals surface area contributed by atoms with Gasteiger partial charge >= 0.3 is 0 Å². The Morgan fingerprint density at radius 2 is 2.00 bits per heavy atom. The first-order chi connectivity index (χ1) is 11.6. The quantitative estimate of drug-likeness (QED) is 0.811. The van der Waals surface area contributed by atoms with Crippen molar-refractivity contribution in [1.82, 2.24) is 4.90 Å². The number of aromatic hydroxyl groups is 1. The molecule has 24 heavy (non-hydrogen) atoms. The highest BCUT2D eigenvalue weighted by molar-refractivity contribution is 8.18. The van der Waals surface area contributed by atoms with E-state index in [0.717, 1.165) is 5.56 Å². The summed E-state index contributed by atoms with van der Waals surface area (Å²) in [4.78, 5) is 19.3. The van der Waals surface area contributed by atoms with Gasteiger partial charge in [-0.2, -0.15) is 0 Å². The second-order valence-corrected chi connectivity index (χ2v) is 6.57. The maximum atomic E-state index is 12.6. The van der Waals surface area contributed by atoms with Crippen molar-refractivity contribution in [1.29, 1.82) is 0 Å². The highest BCUT2D eigenvalue weighted by Gasteiger charge is 2.32. The van der Waals surface area contributed by atoms with Gasteiger partial charge in [0.1, 0.15) is 5.75 Å². The third-order valence-electron chi connectivity index (χ3n) is 3.43. The summed E-state index contributed by atoms with van der Waals surface area (Å²) in [7, 11) is 0. The van der Waals surface area contributed by atoms with Crippen LogP contribution >= 0.6 is 23.4 Å². The molecule has 2 aromatic carbocycles. The van der Waals surface area contributed by atoms with Crippen molar-refractivity contribution in [3.63, 3.8) is 0 Å². The molecule has 0 radical (unpaired) electrons. The molecule has 122 valence electrons. The number of carbonyl (C=O) groups is 1. The Labute approximate surface area is 149 Å². The van der Waals surface area contributed by atoms with Crippen LogP contribution in [0.5, 0.6) is 5.75 Å². The van der Waals surface area contributed by atoms with E-state index in [4.69, 9.17) is 11.6 Å². The largest absolute Gasteiger partial charge is 0.508 e. The van der Waals surface area contributed by atoms with Gasteiger partial charge in [0, 0.05) is 11.6 Å². The van der Waals surface area contributed by atoms with Crippen LogP contribution in [0.15, 0.2) is 58.4 Å². The van der Waals surface area contributed by atoms with Crippen LogP contribution in [0.2, 0.25) is 5.02 Å². The number of aliphatic imine (C=N–C) groups is 1. The van der Waals surface area contributed by atoms with E-state index in [0.29, 0.717) is 27.3 Å². The van der Waals surface area contributed by atoms with Gasteiger partial charge in [-0.15, -0.1) is 0 Å². The minimum absolute atomic E-state index is 0.0694. The molecule has 1 amide bonds. The molecule has 4 nitrogen and oxygen atoms in total. The van der Waals surface area contributed by atoms with Crippen LogP contribution in [0.3, 0.4) is 0 Å². The Hall–Kier alpha value is -2.24. The number of likely N-dealkylation sites (N-methyl/N-ethyl adjacent to an activating group) is 1. The highest BCUT2D eigenvalue weighted by Crippen LogP contribution is 2.34. The molecule has 0 bridgehead atoms. The number of amidine groups is 1. The molecule has 0 atom stereocenters. The number of carbonyl (C=O) groups excluding carboxylic acids is 1. The van der Waals surface area contributed by atoms with Crippen molar-refractivity contribution in [3.8, 4) is 5.75 Å². The van der Waals surface area contributed by atoms with Gasteiger partial charge in [-0.1, -0.05) is 23.7 Å². The predicted octanol–water partition coefficient (Wildman–Crippen LogP) is 4.67. The maximum Gasteiger partial charge on any atom is 0.266 e. The smallest absolute Gasteiger partial charge is 0.266 e. The summed E-state index contributed by atoms with van der Waals surface area (Å²) in [5.74, 6) is 0.114. The topological polar surface area (TPSA) is 52.9 Å². The monoisotopic (exact) mass is 358 g/mol. The summed E-state index contributed by atoms with van der Waals surface area (Å²) >= 11 is 7.33. The van der Waals surface area contributed by atoms with Gasteiger partial charge in [0.15, 0.2) is 5.17 Å². The number of rotatable bonds is 3. The lowest BCUT2D eigenvalue weighted by atomic mass is 10.2. The zero-order chi connectivity index (χ0) is 17.1. The van der Waals surface area contributed by atoms with Gasteiger partial charge in [-0.05, 0) is 66.7 Å². The first kappa shape index (κ1) is 16.6. The van der Waals surface area contributed by atoms with Crippen molar-refractivity contribution in [2.45, 2.75) is 6.92 Å². The molecule has 6 heteroatoms. The van der Waals surface area contributed by atoms with Crippen LogP contribution in [0.1, 0.15) is 12.5 Å². The maximum absolute atomic E-state index is 12.6. The van der Waals surface area contributed by atoms with Crippen LogP contribution < -0.4 is 0 Å². The van der Waals surface area contributed by atoms with E-state index in [1.165, 1.54) is 11.8 Å². The van der Waals surface area contributed by atoms with Crippen LogP contribution in [0, 0.1) is 0 Å². The summed E-state index contributed by atoms with van der Waals surface area (Å²) < 4.78 is 0. The number of phenols is 1. The molecular weight excluding hydrogens is 344 g/mol. The minimum atomic E-state index is -0.0694. The number of halogens is 1. The second-order valence-electron chi connectivity index (χ2n) is 5.13. The lowest BCUT2D eigenvalue weighted by molar-refractivity contribution is -0.122. The fourth-order valence-corrected chi connectivity index (χ4v) is 3.52. The first-order valence-electron chi connectivity index (χ1n) is 7.41. The molecule has 0 saturated carbocycles. The van der Waals surface area contributed by atoms with E-state index in [-0.39, 0.29) is 11.7 Å². The van der Waals surface area contributed by atoms with E-state index >= 15 is 0 Å². The molecule has 0 unspecified atom stereocenters. The van der Waals surface area contributed by atoms with Crippen LogP contribution in [-0.4, -0.2) is 27.6 Å². The van der Waals surface area contributed by atoms with Crippen LogP contribution in [0.4, 0.5) is 5.69 Å². The van der Waals surface area contributed by atoms with E-state index < -0.39 is 0 Å². The van der Waals surface area contributed by atoms with Gasteiger partial charge < -0.3 is 5.11 Å². The van der Waals surface area contributed by atoms with Crippen molar-refractivity contribution >= 4 is 46.2 Å². The lowest BCUT2D eigenvalue weighted by Crippen LogP contribution is -2.28. The fourth-order valence-electron chi connectivity index (χ4n) is 2.26. The predicted molar refractivity (Wildman–Crippen MR) is 99.6 cm³/mol. The Morgan fingerprint density at radius 3 is 2.67 bits per heavy atom. The summed E-state index contributed by atoms with van der Waals surface area (Å²) in [5.41, 5.74) is 1.56. The molecule has 3 rings (SSSR count). The van der Waals surface area contributed by atoms with Crippen LogP contribution in [0.25, 0.3) is 6.08 Å². The Balaban J connectivity index is 1.92. The number of hydrogen-bond acceptors (Lipinski definition) is 4. The van der Waals surface area contributed by atoms with E-state index in [2.05, 4.69) is 4.99 Å². The molecular formula is C18H15ClN2O2S. The van der Waals surface area contributed by atoms with Crippen molar-refractivity contribution < 1.29 is 9.90 Å². The van der Waals surface area contributed by atoms with Crippen molar-refractivity contribution in [3.05, 3.63) is 64.0 Å². The summed E-state index contributed by atoms with van der Waals surface area (Å²) in [6, 6.07) is 13.9. The number of thioether (sulfide) groups is 1. The van der Waals surface area contributed by atoms with Crippen molar-refractivity contribution in [2.24, 2.45) is 4.99 Å². The number of phenolic OH excluding ortho intramolecular Hbond substituents is 1. The summed E-state index contributed by atoms with van der Waals surface area (Å²) in [6.07, 6.45) is 1.82. The average Bonchev–Trinajstić information content (AvgIpc) is 2.84. The summed E-state index contributed by atoms with van der Waals surface area (Å²) in [5, 5.41) is 10.6. The van der Waals surface area contributed by atoms with Gasteiger partial charge in [0.25, 0.3) is 5.91 Å². The zero-order valence-corrected chi connectivity index (χ0v) is 14.5. The molecule has 1 aliphatic rings. The third kappa shape index (κ3) is 3.63. The molecule has 0 aliphatic carbocycles. The van der Waals surface area contributed by atoms with Gasteiger partial charge in [-0.25, -0.2) is 4.99 Å². The lowest BCUT2D eigenvalue weighted by Gasteiger charge is -2.11. The molecule has 1 heterocycles. The number of hydrogen-bond donors (Lipinski definition) is 1. The zero-order valence-electron chi connectivity index (χ0n) is 12.9. The molecule has 0 spiro atoms. The van der Waals surface area contributed by atoms with E-state index in [1.807, 2.05) is 31.2 Å². The number of nitrogens with zero attached hydrogens (tertiary/aromatic N) is 2. The molecule has 1 aliphatic heterocycles. The van der Waals surface area contributed by atoms with E-state index in [9.17, 15) is 9.90 Å². The normalized spacial score (nSPS) is 17.9. The molecule has 2 aromatic rings. The second kappa shape index (κ2) is 7.11. The van der Waals surface area contributed by atoms with Gasteiger partial charge in [0.05, 0.1) is 10.6 Å². The molecule has 1 saturated heterocycles. The first-order valence-corrected chi connectivity index (χ1v) is 8.61. The Morgan fingerprint density at radius 1 is 1.25 bits per heavy atom. The average molecular weight is 359 g/mol. The number of benzene rings is 2. The van der Waals surface area contributed by atoms with E-state index in [1.54, 1.807) is 35.2 Å². The van der Waals surface area contributed by atoms with Gasteiger partial charge in [0.2, 0.25) is 0 Å². The molecule has 1 N–H and O–H groups in total.